The lowest BCUT2D eigenvalue weighted by atomic mass is 9.46. The highest BCUT2D eigenvalue weighted by molar-refractivity contribution is 6.21. The van der Waals surface area contributed by atoms with Crippen LogP contribution in [0.15, 0.2) is 35.3 Å². The van der Waals surface area contributed by atoms with Gasteiger partial charge in [0, 0.05) is 18.2 Å². The van der Waals surface area contributed by atoms with Crippen molar-refractivity contribution in [3.8, 4) is 0 Å². The Morgan fingerprint density at radius 2 is 2.00 bits per heavy atom. The third-order valence-corrected chi connectivity index (χ3v) is 8.78. The molecule has 3 rings (SSSR count). The summed E-state index contributed by atoms with van der Waals surface area (Å²) in [7, 11) is 0. The van der Waals surface area contributed by atoms with Crippen LogP contribution in [0.5, 0.6) is 0 Å². The Morgan fingerprint density at radius 3 is 2.67 bits per heavy atom. The van der Waals surface area contributed by atoms with Gasteiger partial charge in [0.15, 0.2) is 5.76 Å². The van der Waals surface area contributed by atoms with Gasteiger partial charge in [0.25, 0.3) is 0 Å². The number of hydrogen-bond acceptors (Lipinski definition) is 4. The van der Waals surface area contributed by atoms with Crippen LogP contribution in [-0.2, 0) is 9.59 Å². The Kier molecular flexibility index (Phi) is 6.36. The minimum atomic E-state index is -0.459. The van der Waals surface area contributed by atoms with Gasteiger partial charge in [-0.15, -0.1) is 0 Å². The van der Waals surface area contributed by atoms with Crippen molar-refractivity contribution in [2.24, 2.45) is 28.6 Å². The van der Waals surface area contributed by atoms with Gasteiger partial charge in [-0.25, -0.2) is 0 Å². The smallest absolute Gasteiger partial charge is 0.222 e. The first-order valence-corrected chi connectivity index (χ1v) is 11.7. The lowest BCUT2D eigenvalue weighted by molar-refractivity contribution is -0.119. The molecule has 2 fully saturated rings. The number of allylic oxidation sites excluding steroid dienone is 3. The molecule has 0 heterocycles. The minimum Gasteiger partial charge on any atom is -0.504 e. The van der Waals surface area contributed by atoms with Crippen LogP contribution in [0.4, 0.5) is 0 Å². The number of aliphatic hydroxyl groups is 1. The maximum absolute atomic E-state index is 13.3. The second-order valence-corrected chi connectivity index (χ2v) is 10.6. The largest absolute Gasteiger partial charge is 0.504 e. The summed E-state index contributed by atoms with van der Waals surface area (Å²) in [4.78, 5) is 25.8. The van der Waals surface area contributed by atoms with Crippen molar-refractivity contribution in [3.63, 3.8) is 0 Å². The van der Waals surface area contributed by atoms with Crippen molar-refractivity contribution >= 4 is 11.6 Å². The fourth-order valence-electron chi connectivity index (χ4n) is 6.05. The number of Topliss-reactive ketones (excluding diaryl/α,β-unsaturated/α-hetero) is 1. The van der Waals surface area contributed by atoms with E-state index in [2.05, 4.69) is 46.5 Å². The highest BCUT2D eigenvalue weighted by Gasteiger charge is 2.54. The molecule has 4 heteroatoms. The molecule has 0 amide bonds. The monoisotopic (exact) mass is 413 g/mol. The number of nitrogens with one attached hydrogen (secondary N) is 1. The molecule has 0 spiro atoms. The topological polar surface area (TPSA) is 66.4 Å². The molecule has 5 atom stereocenters. The highest BCUT2D eigenvalue weighted by Crippen LogP contribution is 2.63. The lowest BCUT2D eigenvalue weighted by Gasteiger charge is -2.59. The van der Waals surface area contributed by atoms with E-state index in [0.717, 1.165) is 38.5 Å². The van der Waals surface area contributed by atoms with E-state index in [1.807, 2.05) is 0 Å². The first kappa shape index (κ1) is 22.8. The summed E-state index contributed by atoms with van der Waals surface area (Å²) in [5, 5.41) is 13.8. The van der Waals surface area contributed by atoms with Gasteiger partial charge in [-0.3, -0.25) is 9.59 Å². The first-order valence-electron chi connectivity index (χ1n) is 11.7. The summed E-state index contributed by atoms with van der Waals surface area (Å²) in [5.74, 6) is 0.184. The Hall–Kier alpha value is -1.84. The van der Waals surface area contributed by atoms with Gasteiger partial charge in [0.2, 0.25) is 11.6 Å². The molecule has 0 aromatic carbocycles. The van der Waals surface area contributed by atoms with Crippen LogP contribution in [0.25, 0.3) is 0 Å². The van der Waals surface area contributed by atoms with Crippen LogP contribution in [0.3, 0.4) is 0 Å². The molecule has 5 unspecified atom stereocenters. The fraction of sp³-hybridized carbons (Fsp3) is 0.692. The number of aliphatic hydroxyl groups excluding tert-OH is 1. The van der Waals surface area contributed by atoms with Crippen molar-refractivity contribution in [2.45, 2.75) is 79.6 Å². The van der Waals surface area contributed by atoms with Crippen molar-refractivity contribution in [2.75, 3.05) is 6.54 Å². The Bertz CT molecular complexity index is 807. The van der Waals surface area contributed by atoms with Gasteiger partial charge >= 0.3 is 0 Å². The standard InChI is InChI=1S/C26H39NO3/c1-7-16(2)15-27-20-13-21(28)24(30)19(23(20)29)14-26(6)18(4)11-12-25(5)17(3)9-8-10-22(25)26/h13,16,18,22,27,30H,3,7-12,14-15H2,1-2,4-6H3. The molecular weight excluding hydrogens is 374 g/mol. The average Bonchev–Trinajstić information content (AvgIpc) is 2.71. The number of hydrogen-bond donors (Lipinski definition) is 2. The van der Waals surface area contributed by atoms with Crippen LogP contribution in [-0.4, -0.2) is 23.2 Å². The molecule has 2 N–H and O–H groups in total. The second-order valence-electron chi connectivity index (χ2n) is 10.6. The Balaban J connectivity index is 1.90. The van der Waals surface area contributed by atoms with Gasteiger partial charge in [-0.05, 0) is 67.1 Å². The zero-order valence-corrected chi connectivity index (χ0v) is 19.4. The predicted molar refractivity (Wildman–Crippen MR) is 121 cm³/mol. The van der Waals surface area contributed by atoms with Gasteiger partial charge in [0.1, 0.15) is 0 Å². The van der Waals surface area contributed by atoms with E-state index in [0.29, 0.717) is 42.0 Å². The maximum Gasteiger partial charge on any atom is 0.222 e. The molecule has 0 aliphatic heterocycles. The molecule has 3 aliphatic rings. The third kappa shape index (κ3) is 3.78. The summed E-state index contributed by atoms with van der Waals surface area (Å²) < 4.78 is 0. The molecule has 0 aromatic rings. The van der Waals surface area contributed by atoms with Gasteiger partial charge in [-0.1, -0.05) is 53.2 Å². The molecular formula is C26H39NO3. The fourth-order valence-corrected chi connectivity index (χ4v) is 6.05. The molecule has 4 nitrogen and oxygen atoms in total. The predicted octanol–water partition coefficient (Wildman–Crippen LogP) is 5.66. The highest BCUT2D eigenvalue weighted by atomic mass is 16.3. The Labute approximate surface area is 181 Å². The number of carbonyl (C=O) groups is 2. The van der Waals surface area contributed by atoms with Crippen molar-refractivity contribution < 1.29 is 14.7 Å². The first-order chi connectivity index (χ1) is 14.0. The summed E-state index contributed by atoms with van der Waals surface area (Å²) in [6.07, 6.45) is 8.23. The molecule has 30 heavy (non-hydrogen) atoms. The number of carbonyl (C=O) groups excluding carboxylic acids is 2. The lowest BCUT2D eigenvalue weighted by Crippen LogP contribution is -2.51. The van der Waals surface area contributed by atoms with E-state index in [9.17, 15) is 14.7 Å². The number of rotatable bonds is 6. The van der Waals surface area contributed by atoms with Crippen LogP contribution in [0.2, 0.25) is 0 Å². The normalized spacial score (nSPS) is 35.8. The molecule has 0 radical (unpaired) electrons. The van der Waals surface area contributed by atoms with Crippen molar-refractivity contribution in [3.05, 3.63) is 35.3 Å². The van der Waals surface area contributed by atoms with Crippen LogP contribution >= 0.6 is 0 Å². The third-order valence-electron chi connectivity index (χ3n) is 8.78. The van der Waals surface area contributed by atoms with E-state index in [1.165, 1.54) is 11.6 Å². The number of ketones is 2. The van der Waals surface area contributed by atoms with E-state index in [1.54, 1.807) is 0 Å². The molecule has 0 bridgehead atoms. The van der Waals surface area contributed by atoms with Crippen LogP contribution in [0, 0.1) is 28.6 Å². The van der Waals surface area contributed by atoms with Crippen molar-refractivity contribution in [1.29, 1.82) is 0 Å². The van der Waals surface area contributed by atoms with E-state index >= 15 is 0 Å². The molecule has 166 valence electrons. The van der Waals surface area contributed by atoms with Gasteiger partial charge in [0.05, 0.1) is 5.70 Å². The van der Waals surface area contributed by atoms with Crippen LogP contribution in [0.1, 0.15) is 79.6 Å². The Morgan fingerprint density at radius 1 is 1.30 bits per heavy atom. The van der Waals surface area contributed by atoms with Gasteiger partial charge < -0.3 is 10.4 Å². The zero-order chi connectivity index (χ0) is 22.3. The molecule has 3 aliphatic carbocycles. The molecule has 0 saturated heterocycles. The van der Waals surface area contributed by atoms with E-state index in [4.69, 9.17) is 0 Å². The second kappa shape index (κ2) is 8.36. The summed E-state index contributed by atoms with van der Waals surface area (Å²) >= 11 is 0. The zero-order valence-electron chi connectivity index (χ0n) is 19.4. The maximum atomic E-state index is 13.3. The minimum absolute atomic E-state index is 0.0743. The van der Waals surface area contributed by atoms with E-state index < -0.39 is 5.78 Å². The van der Waals surface area contributed by atoms with Crippen LogP contribution < -0.4 is 5.32 Å². The summed E-state index contributed by atoms with van der Waals surface area (Å²) in [5.41, 5.74) is 1.87. The summed E-state index contributed by atoms with van der Waals surface area (Å²) in [6.45, 7) is 16.1. The van der Waals surface area contributed by atoms with Crippen molar-refractivity contribution in [1.82, 2.24) is 5.32 Å². The summed E-state index contributed by atoms with van der Waals surface area (Å²) in [6, 6.07) is 0. The SMILES string of the molecule is C=C1CCCC2C1(C)CCC(C)C2(C)CC1=C(O)C(=O)C=C(NCC(C)CC)C1=O. The molecule has 2 saturated carbocycles. The van der Waals surface area contributed by atoms with Gasteiger partial charge in [-0.2, -0.15) is 0 Å². The number of fused-ring (bicyclic) bond motifs is 1. The quantitative estimate of drug-likeness (QED) is 0.436. The molecule has 0 aromatic heterocycles. The average molecular weight is 414 g/mol. The van der Waals surface area contributed by atoms with E-state index in [-0.39, 0.29) is 22.4 Å².